The lowest BCUT2D eigenvalue weighted by molar-refractivity contribution is -0.121. The monoisotopic (exact) mass is 456 g/mol. The number of amides is 1. The molecule has 180 valence electrons. The highest BCUT2D eigenvalue weighted by Gasteiger charge is 2.18. The average Bonchev–Trinajstić information content (AvgIpc) is 2.79. The maximum atomic E-state index is 12.1. The average molecular weight is 457 g/mol. The summed E-state index contributed by atoms with van der Waals surface area (Å²) in [5.41, 5.74) is 1.92. The Morgan fingerprint density at radius 2 is 1.88 bits per heavy atom. The number of nitrogens with zero attached hydrogens (tertiary/aromatic N) is 3. The number of aromatic nitrogens is 2. The second-order valence-corrected chi connectivity index (χ2v) is 8.80. The third-order valence-corrected chi connectivity index (χ3v) is 5.73. The van der Waals surface area contributed by atoms with Crippen LogP contribution in [0, 0.1) is 18.8 Å². The standard InChI is InChI=1S/C18H22N4O4.C7H14/c1-10(2)16(23)22(4)14-9-19-18(20-11(14)3)21-13-7-6-12(17(24)25)8-15(13)26-5;1-7-5-3-2-4-6-7/h6-10H,1-5H3,(H,24,25)(H,19,20,21);7H,2-6H2,1H3. The van der Waals surface area contributed by atoms with Crippen LogP contribution in [0.15, 0.2) is 24.4 Å². The fraction of sp³-hybridized carbons (Fsp3) is 0.520. The molecule has 0 radical (unpaired) electrons. The van der Waals surface area contributed by atoms with Gasteiger partial charge >= 0.3 is 5.97 Å². The molecule has 8 nitrogen and oxygen atoms in total. The largest absolute Gasteiger partial charge is 0.495 e. The van der Waals surface area contributed by atoms with Gasteiger partial charge in [-0.1, -0.05) is 52.9 Å². The van der Waals surface area contributed by atoms with Gasteiger partial charge in [0.05, 0.1) is 35.9 Å². The number of ether oxygens (including phenoxy) is 1. The van der Waals surface area contributed by atoms with Crippen LogP contribution in [0.5, 0.6) is 5.75 Å². The van der Waals surface area contributed by atoms with Crippen molar-refractivity contribution in [1.29, 1.82) is 0 Å². The van der Waals surface area contributed by atoms with Crippen molar-refractivity contribution >= 4 is 29.2 Å². The zero-order chi connectivity index (χ0) is 24.5. The lowest BCUT2D eigenvalue weighted by atomic mass is 9.91. The maximum absolute atomic E-state index is 12.1. The van der Waals surface area contributed by atoms with E-state index in [1.165, 1.54) is 56.2 Å². The minimum atomic E-state index is -1.04. The fourth-order valence-electron chi connectivity index (χ4n) is 3.71. The van der Waals surface area contributed by atoms with Crippen LogP contribution in [-0.4, -0.2) is 41.1 Å². The summed E-state index contributed by atoms with van der Waals surface area (Å²) >= 11 is 0. The predicted molar refractivity (Wildman–Crippen MR) is 131 cm³/mol. The molecule has 33 heavy (non-hydrogen) atoms. The third kappa shape index (κ3) is 7.44. The Bertz CT molecular complexity index is 955. The number of carbonyl (C=O) groups excluding carboxylic acids is 1. The van der Waals surface area contributed by atoms with Gasteiger partial charge in [0.2, 0.25) is 11.9 Å². The lowest BCUT2D eigenvalue weighted by Gasteiger charge is -2.21. The highest BCUT2D eigenvalue weighted by molar-refractivity contribution is 5.94. The number of rotatable bonds is 6. The number of aryl methyl sites for hydroxylation is 1. The van der Waals surface area contributed by atoms with Crippen molar-refractivity contribution in [3.8, 4) is 5.75 Å². The summed E-state index contributed by atoms with van der Waals surface area (Å²) in [5, 5.41) is 12.1. The van der Waals surface area contributed by atoms with E-state index in [1.807, 2.05) is 13.8 Å². The normalized spacial score (nSPS) is 13.7. The van der Waals surface area contributed by atoms with Gasteiger partial charge in [0.15, 0.2) is 0 Å². The smallest absolute Gasteiger partial charge is 0.335 e. The number of methoxy groups -OCH3 is 1. The van der Waals surface area contributed by atoms with Crippen molar-refractivity contribution in [1.82, 2.24) is 9.97 Å². The molecule has 1 aromatic carbocycles. The first-order valence-electron chi connectivity index (χ1n) is 11.4. The Morgan fingerprint density at radius 3 is 2.36 bits per heavy atom. The van der Waals surface area contributed by atoms with Gasteiger partial charge in [-0.05, 0) is 31.0 Å². The summed E-state index contributed by atoms with van der Waals surface area (Å²) in [6.45, 7) is 7.81. The van der Waals surface area contributed by atoms with Gasteiger partial charge in [-0.2, -0.15) is 0 Å². The van der Waals surface area contributed by atoms with E-state index >= 15 is 0 Å². The van der Waals surface area contributed by atoms with Crippen LogP contribution in [0.3, 0.4) is 0 Å². The van der Waals surface area contributed by atoms with Crippen LogP contribution in [0.1, 0.15) is 68.9 Å². The number of carboxylic acid groups (broad SMARTS) is 1. The molecule has 0 bridgehead atoms. The van der Waals surface area contributed by atoms with Crippen molar-refractivity contribution in [2.75, 3.05) is 24.4 Å². The van der Waals surface area contributed by atoms with E-state index in [0.29, 0.717) is 28.8 Å². The predicted octanol–water partition coefficient (Wildman–Crippen LogP) is 5.44. The zero-order valence-corrected chi connectivity index (χ0v) is 20.5. The minimum absolute atomic E-state index is 0.0247. The molecule has 1 amide bonds. The Morgan fingerprint density at radius 1 is 1.21 bits per heavy atom. The van der Waals surface area contributed by atoms with Crippen molar-refractivity contribution < 1.29 is 19.4 Å². The van der Waals surface area contributed by atoms with Crippen LogP contribution in [0.2, 0.25) is 0 Å². The topological polar surface area (TPSA) is 105 Å². The Labute approximate surface area is 196 Å². The molecule has 2 N–H and O–H groups in total. The lowest BCUT2D eigenvalue weighted by Crippen LogP contribution is -2.31. The number of nitrogens with one attached hydrogen (secondary N) is 1. The number of hydrogen-bond acceptors (Lipinski definition) is 6. The molecule has 0 aliphatic heterocycles. The van der Waals surface area contributed by atoms with Crippen molar-refractivity contribution in [2.45, 2.75) is 59.8 Å². The molecule has 0 atom stereocenters. The molecular weight excluding hydrogens is 420 g/mol. The van der Waals surface area contributed by atoms with Gasteiger partial charge in [-0.3, -0.25) is 4.79 Å². The van der Waals surface area contributed by atoms with Gasteiger partial charge in [0, 0.05) is 13.0 Å². The van der Waals surface area contributed by atoms with Gasteiger partial charge in [-0.15, -0.1) is 0 Å². The Kier molecular flexibility index (Phi) is 9.63. The summed E-state index contributed by atoms with van der Waals surface area (Å²) < 4.78 is 5.22. The van der Waals surface area contributed by atoms with Gasteiger partial charge in [-0.25, -0.2) is 14.8 Å². The van der Waals surface area contributed by atoms with Crippen LogP contribution in [-0.2, 0) is 4.79 Å². The summed E-state index contributed by atoms with van der Waals surface area (Å²) in [6.07, 6.45) is 9.01. The molecule has 8 heteroatoms. The molecule has 1 heterocycles. The molecule has 1 saturated carbocycles. The maximum Gasteiger partial charge on any atom is 0.335 e. The summed E-state index contributed by atoms with van der Waals surface area (Å²) in [6, 6.07) is 4.47. The molecule has 1 fully saturated rings. The SMILES string of the molecule is CC1CCCCC1.COc1cc(C(=O)O)ccc1Nc1ncc(N(C)C(=O)C(C)C)c(C)n1. The summed E-state index contributed by atoms with van der Waals surface area (Å²) in [4.78, 5) is 33.3. The minimum Gasteiger partial charge on any atom is -0.495 e. The number of benzene rings is 1. The van der Waals surface area contributed by atoms with Gasteiger partial charge < -0.3 is 20.1 Å². The van der Waals surface area contributed by atoms with Crippen molar-refractivity contribution in [3.05, 3.63) is 35.7 Å². The first kappa shape index (κ1) is 26.1. The third-order valence-electron chi connectivity index (χ3n) is 5.73. The van der Waals surface area contributed by atoms with Crippen LogP contribution in [0.4, 0.5) is 17.3 Å². The first-order chi connectivity index (χ1) is 15.6. The van der Waals surface area contributed by atoms with E-state index < -0.39 is 5.97 Å². The van der Waals surface area contributed by atoms with E-state index in [2.05, 4.69) is 22.2 Å². The second kappa shape index (κ2) is 12.2. The summed E-state index contributed by atoms with van der Waals surface area (Å²) in [5.74, 6) is 0.524. The molecule has 1 aliphatic carbocycles. The molecule has 1 aromatic heterocycles. The van der Waals surface area contributed by atoms with Crippen LogP contribution < -0.4 is 15.0 Å². The molecule has 0 spiro atoms. The zero-order valence-electron chi connectivity index (χ0n) is 20.5. The second-order valence-electron chi connectivity index (χ2n) is 8.80. The number of anilines is 3. The number of hydrogen-bond donors (Lipinski definition) is 2. The van der Waals surface area contributed by atoms with E-state index in [9.17, 15) is 9.59 Å². The quantitative estimate of drug-likeness (QED) is 0.596. The van der Waals surface area contributed by atoms with Crippen LogP contribution >= 0.6 is 0 Å². The molecule has 2 aromatic rings. The van der Waals surface area contributed by atoms with E-state index in [0.717, 1.165) is 5.92 Å². The molecule has 3 rings (SSSR count). The molecule has 0 unspecified atom stereocenters. The van der Waals surface area contributed by atoms with Gasteiger partial charge in [0.25, 0.3) is 0 Å². The molecule has 0 saturated heterocycles. The highest BCUT2D eigenvalue weighted by atomic mass is 16.5. The van der Waals surface area contributed by atoms with Gasteiger partial charge in [0.1, 0.15) is 5.75 Å². The Hall–Kier alpha value is -3.16. The molecular formula is C25H36N4O4. The van der Waals surface area contributed by atoms with E-state index in [1.54, 1.807) is 26.2 Å². The fourth-order valence-corrected chi connectivity index (χ4v) is 3.71. The first-order valence-corrected chi connectivity index (χ1v) is 11.4. The van der Waals surface area contributed by atoms with E-state index in [4.69, 9.17) is 9.84 Å². The highest BCUT2D eigenvalue weighted by Crippen LogP contribution is 2.28. The number of carboxylic acids is 1. The van der Waals surface area contributed by atoms with Crippen LogP contribution in [0.25, 0.3) is 0 Å². The van der Waals surface area contributed by atoms with Crippen molar-refractivity contribution in [3.63, 3.8) is 0 Å². The number of carbonyl (C=O) groups is 2. The number of aromatic carboxylic acids is 1. The Balaban J connectivity index is 0.000000468. The van der Waals surface area contributed by atoms with E-state index in [-0.39, 0.29) is 17.4 Å². The van der Waals surface area contributed by atoms with Crippen molar-refractivity contribution in [2.24, 2.45) is 11.8 Å². The molecule has 1 aliphatic rings. The summed E-state index contributed by atoms with van der Waals surface area (Å²) in [7, 11) is 3.14.